The SMILES string of the molecule is NC(=O)NCC#Cc1ccc2c(c1)[C@]1(C(=O)N2C(=O)OCc2ccc([N+](=O)[O-])cc2)[C@H](c2ccc(O)cc2)N2[C@H](c3ccccc3)[C@H](c3ccccc3)OC(=O)[C@H]2[C@@H]1C(=O)N1CCCCCCC1. The maximum absolute atomic E-state index is 16.5. The van der Waals surface area contributed by atoms with Crippen LogP contribution in [-0.4, -0.2) is 75.4 Å². The molecule has 5 aromatic carbocycles. The summed E-state index contributed by atoms with van der Waals surface area (Å²) in [5.74, 6) is 2.29. The number of non-ortho nitro benzene ring substituents is 1. The van der Waals surface area contributed by atoms with Gasteiger partial charge in [-0.25, -0.2) is 14.5 Å². The average Bonchev–Trinajstić information content (AvgIpc) is 3.79. The zero-order chi connectivity index (χ0) is 47.5. The highest BCUT2D eigenvalue weighted by Gasteiger charge is 2.76. The molecule has 9 rings (SSSR count). The summed E-state index contributed by atoms with van der Waals surface area (Å²) >= 11 is 0. The normalized spacial score (nSPS) is 23.3. The van der Waals surface area contributed by atoms with E-state index in [0.717, 1.165) is 29.7 Å². The van der Waals surface area contributed by atoms with Crippen LogP contribution in [0.1, 0.15) is 83.7 Å². The standard InChI is InChI=1S/C52H48N6O10/c53-50(63)54-28-12-13-33-20-27-41-40(31-33)52(49(62)56(41)51(64)67-32-34-18-23-38(24-19-34)58(65)66)42(47(60)55-29-10-2-1-3-11-30-55)44-48(61)68-45(36-16-8-5-9-17-36)43(35-14-6-4-7-15-35)57(44)46(52)37-21-25-39(59)26-22-37/h4-9,14-27,31,42-46,59H,1-3,10-11,28-30,32H2,(H3,53,54,63)/t42-,43-,44-,45+,46+,52-/m1/s1. The van der Waals surface area contributed by atoms with Crippen LogP contribution in [0.5, 0.6) is 5.75 Å². The number of hydrogen-bond donors (Lipinski definition) is 3. The van der Waals surface area contributed by atoms with Crippen molar-refractivity contribution in [1.29, 1.82) is 0 Å². The number of nitrogens with two attached hydrogens (primary N) is 1. The first-order valence-electron chi connectivity index (χ1n) is 22.6. The van der Waals surface area contributed by atoms with Gasteiger partial charge in [0.1, 0.15) is 29.9 Å². The largest absolute Gasteiger partial charge is 0.508 e. The molecule has 6 atom stereocenters. The minimum absolute atomic E-state index is 0.0674. The molecule has 5 amide bonds. The smallest absolute Gasteiger partial charge is 0.421 e. The fourth-order valence-corrected chi connectivity index (χ4v) is 10.5. The predicted molar refractivity (Wildman–Crippen MR) is 247 cm³/mol. The van der Waals surface area contributed by atoms with Crippen molar-refractivity contribution < 1.29 is 43.5 Å². The molecule has 16 heteroatoms. The number of phenols is 1. The molecule has 4 aliphatic heterocycles. The number of carbonyl (C=O) groups is 5. The maximum Gasteiger partial charge on any atom is 0.421 e. The number of phenolic OH excluding ortho intramolecular Hbond substituents is 1. The van der Waals surface area contributed by atoms with Crippen LogP contribution in [0.25, 0.3) is 0 Å². The van der Waals surface area contributed by atoms with Gasteiger partial charge in [-0.15, -0.1) is 0 Å². The number of rotatable bonds is 8. The van der Waals surface area contributed by atoms with Crippen molar-refractivity contribution >= 4 is 41.3 Å². The monoisotopic (exact) mass is 916 g/mol. The van der Waals surface area contributed by atoms with E-state index >= 15 is 14.4 Å². The number of urea groups is 1. The van der Waals surface area contributed by atoms with E-state index in [4.69, 9.17) is 15.2 Å². The number of cyclic esters (lactones) is 1. The minimum atomic E-state index is -2.08. The third kappa shape index (κ3) is 8.25. The Bertz CT molecular complexity index is 2810. The lowest BCUT2D eigenvalue weighted by Crippen LogP contribution is -2.56. The number of imide groups is 1. The van der Waals surface area contributed by atoms with Gasteiger partial charge in [-0.1, -0.05) is 104 Å². The van der Waals surface area contributed by atoms with Crippen molar-refractivity contribution in [3.8, 4) is 17.6 Å². The Balaban J connectivity index is 1.30. The number of fused-ring (bicyclic) bond motifs is 3. The minimum Gasteiger partial charge on any atom is -0.508 e. The number of primary amides is 1. The van der Waals surface area contributed by atoms with Crippen LogP contribution in [-0.2, 0) is 35.9 Å². The van der Waals surface area contributed by atoms with Crippen LogP contribution in [0.3, 0.4) is 0 Å². The van der Waals surface area contributed by atoms with Gasteiger partial charge < -0.3 is 30.5 Å². The van der Waals surface area contributed by atoms with Crippen LogP contribution in [0, 0.1) is 27.9 Å². The number of esters is 1. The summed E-state index contributed by atoms with van der Waals surface area (Å²) in [5, 5.41) is 24.6. The molecule has 0 aliphatic carbocycles. The van der Waals surface area contributed by atoms with Gasteiger partial charge >= 0.3 is 18.1 Å². The molecule has 0 aromatic heterocycles. The summed E-state index contributed by atoms with van der Waals surface area (Å²) in [7, 11) is 0. The number of morpholine rings is 1. The Morgan fingerprint density at radius 2 is 1.47 bits per heavy atom. The van der Waals surface area contributed by atoms with Crippen molar-refractivity contribution in [1.82, 2.24) is 15.1 Å². The number of nitrogens with one attached hydrogen (secondary N) is 1. The summed E-state index contributed by atoms with van der Waals surface area (Å²) in [5.41, 5.74) is 6.00. The zero-order valence-corrected chi connectivity index (χ0v) is 36.9. The van der Waals surface area contributed by atoms with Gasteiger partial charge in [0.05, 0.1) is 35.2 Å². The number of nitro groups is 1. The topological polar surface area (TPSA) is 215 Å². The lowest BCUT2D eigenvalue weighted by molar-refractivity contribution is -0.384. The highest BCUT2D eigenvalue weighted by molar-refractivity contribution is 6.23. The van der Waals surface area contributed by atoms with Gasteiger partial charge in [0.2, 0.25) is 11.8 Å². The first-order chi connectivity index (χ1) is 33.0. The number of nitrogens with zero attached hydrogens (tertiary/aromatic N) is 4. The number of nitro benzene ring substituents is 1. The maximum atomic E-state index is 16.5. The van der Waals surface area contributed by atoms with Crippen molar-refractivity contribution in [2.75, 3.05) is 24.5 Å². The second kappa shape index (κ2) is 19.1. The van der Waals surface area contributed by atoms with E-state index in [1.54, 1.807) is 35.2 Å². The van der Waals surface area contributed by atoms with Gasteiger partial charge in [0, 0.05) is 30.8 Å². The number of amides is 5. The lowest BCUT2D eigenvalue weighted by Gasteiger charge is -2.46. The molecule has 0 unspecified atom stereocenters. The molecule has 4 N–H and O–H groups in total. The van der Waals surface area contributed by atoms with Gasteiger partial charge in [0.25, 0.3) is 5.69 Å². The molecule has 5 aromatic rings. The summed E-state index contributed by atoms with van der Waals surface area (Å²) in [6.45, 7) is 0.260. The summed E-state index contributed by atoms with van der Waals surface area (Å²) in [6.07, 6.45) is 2.12. The molecule has 3 fully saturated rings. The number of anilines is 1. The van der Waals surface area contributed by atoms with E-state index in [9.17, 15) is 24.8 Å². The van der Waals surface area contributed by atoms with Crippen LogP contribution in [0.2, 0.25) is 0 Å². The molecule has 16 nitrogen and oxygen atoms in total. The van der Waals surface area contributed by atoms with Crippen molar-refractivity contribution in [2.24, 2.45) is 11.7 Å². The molecule has 4 heterocycles. The first-order valence-corrected chi connectivity index (χ1v) is 22.6. The molecular formula is C52H48N6O10. The third-order valence-corrected chi connectivity index (χ3v) is 13.4. The van der Waals surface area contributed by atoms with Crippen LogP contribution >= 0.6 is 0 Å². The molecular weight excluding hydrogens is 869 g/mol. The second-order valence-electron chi connectivity index (χ2n) is 17.3. The van der Waals surface area contributed by atoms with Crippen molar-refractivity contribution in [3.05, 3.63) is 171 Å². The van der Waals surface area contributed by atoms with Gasteiger partial charge in [-0.3, -0.25) is 29.4 Å². The molecule has 0 bridgehead atoms. The zero-order valence-electron chi connectivity index (χ0n) is 36.9. The number of hydrogen-bond acceptors (Lipinski definition) is 11. The molecule has 0 saturated carbocycles. The van der Waals surface area contributed by atoms with Gasteiger partial charge in [-0.05, 0) is 83.1 Å². The fourth-order valence-electron chi connectivity index (χ4n) is 10.5. The fraction of sp³-hybridized carbons (Fsp3) is 0.288. The van der Waals surface area contributed by atoms with E-state index in [2.05, 4.69) is 17.2 Å². The molecule has 0 radical (unpaired) electrons. The van der Waals surface area contributed by atoms with Gasteiger partial charge in [0.15, 0.2) is 0 Å². The van der Waals surface area contributed by atoms with E-state index in [0.29, 0.717) is 48.2 Å². The Morgan fingerprint density at radius 1 is 0.824 bits per heavy atom. The number of benzene rings is 5. The van der Waals surface area contributed by atoms with Crippen molar-refractivity contribution in [2.45, 2.75) is 68.4 Å². The highest BCUT2D eigenvalue weighted by atomic mass is 16.6. The van der Waals surface area contributed by atoms with E-state index in [-0.39, 0.29) is 35.8 Å². The lowest BCUT2D eigenvalue weighted by atomic mass is 9.64. The Kier molecular flexibility index (Phi) is 12.7. The quantitative estimate of drug-likeness (QED) is 0.0617. The third-order valence-electron chi connectivity index (χ3n) is 13.4. The number of aromatic hydroxyl groups is 1. The summed E-state index contributed by atoms with van der Waals surface area (Å²) in [6, 6.07) is 30.9. The molecule has 3 saturated heterocycles. The van der Waals surface area contributed by atoms with Crippen LogP contribution in [0.15, 0.2) is 127 Å². The number of ether oxygens (including phenoxy) is 2. The summed E-state index contributed by atoms with van der Waals surface area (Å²) in [4.78, 5) is 89.6. The van der Waals surface area contributed by atoms with Crippen LogP contribution < -0.4 is 16.0 Å². The van der Waals surface area contributed by atoms with Crippen LogP contribution in [0.4, 0.5) is 21.0 Å². The molecule has 4 aliphatic rings. The van der Waals surface area contributed by atoms with E-state index < -0.39 is 70.4 Å². The first kappa shape index (κ1) is 45.1. The number of carbonyl (C=O) groups excluding carboxylic acids is 5. The second-order valence-corrected chi connectivity index (χ2v) is 17.3. The average molecular weight is 917 g/mol. The van der Waals surface area contributed by atoms with E-state index in [1.807, 2.05) is 65.6 Å². The molecule has 68 heavy (non-hydrogen) atoms. The molecule has 1 spiro atoms. The Hall–Kier alpha value is -8.03. The highest BCUT2D eigenvalue weighted by Crippen LogP contribution is 2.66. The molecule has 346 valence electrons. The van der Waals surface area contributed by atoms with Crippen molar-refractivity contribution in [3.63, 3.8) is 0 Å². The van der Waals surface area contributed by atoms with Gasteiger partial charge in [-0.2, -0.15) is 0 Å². The predicted octanol–water partition coefficient (Wildman–Crippen LogP) is 7.12. The van der Waals surface area contributed by atoms with E-state index in [1.165, 1.54) is 36.4 Å². The Morgan fingerprint density at radius 3 is 2.12 bits per heavy atom. The Labute approximate surface area is 391 Å². The number of likely N-dealkylation sites (tertiary alicyclic amines) is 1. The summed E-state index contributed by atoms with van der Waals surface area (Å²) < 4.78 is 12.4.